The molecular weight excluding hydrogens is 347 g/mol. The van der Waals surface area contributed by atoms with Crippen molar-refractivity contribution in [1.82, 2.24) is 0 Å². The fraction of sp³-hybridized carbons (Fsp3) is 0.455. The molecule has 0 aliphatic rings. The second kappa shape index (κ2) is 5.47. The third-order valence-electron chi connectivity index (χ3n) is 2.19. The van der Waals surface area contributed by atoms with Gasteiger partial charge in [-0.3, -0.25) is 0 Å². The standard InChI is InChI=1S/C11H13BrCl2O2S/c1-11(2,6-12)7-17(15,16)8-3-4-9(13)10(14)5-8/h3-5H,6-7H2,1-2H3. The fourth-order valence-electron chi connectivity index (χ4n) is 1.31. The monoisotopic (exact) mass is 358 g/mol. The van der Waals surface area contributed by atoms with Crippen molar-refractivity contribution in [2.75, 3.05) is 11.1 Å². The Balaban J connectivity index is 3.10. The van der Waals surface area contributed by atoms with Crippen molar-refractivity contribution in [3.8, 4) is 0 Å². The molecule has 0 saturated carbocycles. The van der Waals surface area contributed by atoms with E-state index in [1.165, 1.54) is 18.2 Å². The molecule has 0 fully saturated rings. The Hall–Kier alpha value is 0.230. The van der Waals surface area contributed by atoms with Gasteiger partial charge in [0.05, 0.1) is 20.7 Å². The lowest BCUT2D eigenvalue weighted by Crippen LogP contribution is -2.25. The van der Waals surface area contributed by atoms with Gasteiger partial charge in [-0.2, -0.15) is 0 Å². The Bertz CT molecular complexity index is 512. The molecule has 0 saturated heterocycles. The maximum atomic E-state index is 12.1. The molecule has 0 atom stereocenters. The van der Waals surface area contributed by atoms with Crippen LogP contribution in [0.4, 0.5) is 0 Å². The molecule has 17 heavy (non-hydrogen) atoms. The summed E-state index contributed by atoms with van der Waals surface area (Å²) in [7, 11) is -3.34. The highest BCUT2D eigenvalue weighted by Crippen LogP contribution is 2.29. The first-order chi connectivity index (χ1) is 7.68. The number of hydrogen-bond acceptors (Lipinski definition) is 2. The molecule has 0 aromatic heterocycles. The molecule has 0 N–H and O–H groups in total. The summed E-state index contributed by atoms with van der Waals surface area (Å²) < 4.78 is 24.3. The van der Waals surface area contributed by atoms with Crippen LogP contribution in [0.2, 0.25) is 10.0 Å². The minimum absolute atomic E-state index is 0.0587. The molecule has 0 aliphatic heterocycles. The van der Waals surface area contributed by atoms with Crippen molar-refractivity contribution in [2.24, 2.45) is 5.41 Å². The van der Waals surface area contributed by atoms with E-state index in [0.717, 1.165) is 0 Å². The molecule has 1 aromatic carbocycles. The molecule has 0 amide bonds. The van der Waals surface area contributed by atoms with Gasteiger partial charge in [0, 0.05) is 5.33 Å². The molecule has 0 aliphatic carbocycles. The van der Waals surface area contributed by atoms with Crippen molar-refractivity contribution >= 4 is 49.0 Å². The van der Waals surface area contributed by atoms with E-state index in [4.69, 9.17) is 23.2 Å². The highest BCUT2D eigenvalue weighted by molar-refractivity contribution is 9.09. The van der Waals surface area contributed by atoms with E-state index in [2.05, 4.69) is 15.9 Å². The van der Waals surface area contributed by atoms with Gasteiger partial charge in [-0.15, -0.1) is 0 Å². The van der Waals surface area contributed by atoms with Crippen molar-refractivity contribution in [3.63, 3.8) is 0 Å². The average Bonchev–Trinajstić information content (AvgIpc) is 2.20. The van der Waals surface area contributed by atoms with E-state index < -0.39 is 9.84 Å². The second-order valence-electron chi connectivity index (χ2n) is 4.63. The van der Waals surface area contributed by atoms with E-state index in [0.29, 0.717) is 10.4 Å². The van der Waals surface area contributed by atoms with Crippen LogP contribution in [0, 0.1) is 5.41 Å². The van der Waals surface area contributed by atoms with E-state index in [1.807, 2.05) is 13.8 Å². The van der Waals surface area contributed by atoms with Crippen LogP contribution in [0.25, 0.3) is 0 Å². The first-order valence-corrected chi connectivity index (χ1v) is 8.45. The van der Waals surface area contributed by atoms with Gasteiger partial charge < -0.3 is 0 Å². The van der Waals surface area contributed by atoms with Gasteiger partial charge in [0.15, 0.2) is 9.84 Å². The highest BCUT2D eigenvalue weighted by Gasteiger charge is 2.26. The summed E-state index contributed by atoms with van der Waals surface area (Å²) in [4.78, 5) is 0.209. The van der Waals surface area contributed by atoms with Gasteiger partial charge in [0.1, 0.15) is 0 Å². The molecule has 0 heterocycles. The topological polar surface area (TPSA) is 34.1 Å². The summed E-state index contributed by atoms with van der Waals surface area (Å²) in [5.74, 6) is 0.0587. The zero-order chi connectivity index (χ0) is 13.3. The molecule has 0 unspecified atom stereocenters. The lowest BCUT2D eigenvalue weighted by Gasteiger charge is -2.21. The van der Waals surface area contributed by atoms with Gasteiger partial charge in [0.25, 0.3) is 0 Å². The lowest BCUT2D eigenvalue weighted by molar-refractivity contribution is 0.475. The van der Waals surface area contributed by atoms with Crippen molar-refractivity contribution in [1.29, 1.82) is 0 Å². The van der Waals surface area contributed by atoms with Crippen LogP contribution in [0.5, 0.6) is 0 Å². The Morgan fingerprint density at radius 1 is 1.24 bits per heavy atom. The van der Waals surface area contributed by atoms with E-state index >= 15 is 0 Å². The lowest BCUT2D eigenvalue weighted by atomic mass is 10.0. The number of alkyl halides is 1. The second-order valence-corrected chi connectivity index (χ2v) is 8.00. The molecule has 0 bridgehead atoms. The first kappa shape index (κ1) is 15.3. The molecule has 1 aromatic rings. The number of rotatable bonds is 4. The number of hydrogen-bond donors (Lipinski definition) is 0. The zero-order valence-electron chi connectivity index (χ0n) is 9.50. The predicted octanol–water partition coefficient (Wildman–Crippen LogP) is 4.19. The van der Waals surface area contributed by atoms with Crippen molar-refractivity contribution in [3.05, 3.63) is 28.2 Å². The van der Waals surface area contributed by atoms with Gasteiger partial charge in [0.2, 0.25) is 0 Å². The van der Waals surface area contributed by atoms with Crippen molar-refractivity contribution in [2.45, 2.75) is 18.7 Å². The van der Waals surface area contributed by atoms with Gasteiger partial charge in [-0.1, -0.05) is 53.0 Å². The summed E-state index contributed by atoms with van der Waals surface area (Å²) in [6.07, 6.45) is 0. The number of sulfone groups is 1. The summed E-state index contributed by atoms with van der Waals surface area (Å²) in [5.41, 5.74) is -0.328. The summed E-state index contributed by atoms with van der Waals surface area (Å²) in [6, 6.07) is 4.37. The first-order valence-electron chi connectivity index (χ1n) is 4.92. The van der Waals surface area contributed by atoms with Gasteiger partial charge >= 0.3 is 0 Å². The number of halogens is 3. The molecular formula is C11H13BrCl2O2S. The molecule has 0 spiro atoms. The zero-order valence-corrected chi connectivity index (χ0v) is 13.4. The van der Waals surface area contributed by atoms with Crippen LogP contribution in [-0.4, -0.2) is 19.5 Å². The summed E-state index contributed by atoms with van der Waals surface area (Å²) in [6.45, 7) is 3.77. The molecule has 0 radical (unpaired) electrons. The third kappa shape index (κ3) is 4.12. The maximum Gasteiger partial charge on any atom is 0.178 e. The van der Waals surface area contributed by atoms with Gasteiger partial charge in [-0.25, -0.2) is 8.42 Å². The minimum atomic E-state index is -3.34. The van der Waals surface area contributed by atoms with Crippen LogP contribution < -0.4 is 0 Å². The summed E-state index contributed by atoms with van der Waals surface area (Å²) in [5, 5.41) is 1.22. The van der Waals surface area contributed by atoms with Crippen LogP contribution in [0.15, 0.2) is 23.1 Å². The van der Waals surface area contributed by atoms with Crippen LogP contribution in [-0.2, 0) is 9.84 Å². The number of benzene rings is 1. The highest BCUT2D eigenvalue weighted by atomic mass is 79.9. The fourth-order valence-corrected chi connectivity index (χ4v) is 4.00. The van der Waals surface area contributed by atoms with Crippen LogP contribution in [0.1, 0.15) is 13.8 Å². The maximum absolute atomic E-state index is 12.1. The Labute approximate surface area is 120 Å². The molecule has 96 valence electrons. The quantitative estimate of drug-likeness (QED) is 0.755. The smallest absolute Gasteiger partial charge is 0.178 e. The normalized spacial score (nSPS) is 12.8. The van der Waals surface area contributed by atoms with Crippen LogP contribution >= 0.6 is 39.1 Å². The SMILES string of the molecule is CC(C)(CBr)CS(=O)(=O)c1ccc(Cl)c(Cl)c1. The molecule has 6 heteroatoms. The Morgan fingerprint density at radius 3 is 2.29 bits per heavy atom. The van der Waals surface area contributed by atoms with E-state index in [1.54, 1.807) is 0 Å². The predicted molar refractivity (Wildman–Crippen MR) is 76.1 cm³/mol. The van der Waals surface area contributed by atoms with E-state index in [-0.39, 0.29) is 21.1 Å². The van der Waals surface area contributed by atoms with Crippen molar-refractivity contribution < 1.29 is 8.42 Å². The van der Waals surface area contributed by atoms with E-state index in [9.17, 15) is 8.42 Å². The van der Waals surface area contributed by atoms with Gasteiger partial charge in [-0.05, 0) is 23.6 Å². The van der Waals surface area contributed by atoms with Crippen LogP contribution in [0.3, 0.4) is 0 Å². The minimum Gasteiger partial charge on any atom is -0.224 e. The summed E-state index contributed by atoms with van der Waals surface area (Å²) >= 11 is 14.9. The third-order valence-corrected chi connectivity index (χ3v) is 6.58. The largest absolute Gasteiger partial charge is 0.224 e. The average molecular weight is 360 g/mol. The Kier molecular flexibility index (Phi) is 4.92. The Morgan fingerprint density at radius 2 is 1.82 bits per heavy atom. The molecule has 1 rings (SSSR count). The molecule has 2 nitrogen and oxygen atoms in total.